The summed E-state index contributed by atoms with van der Waals surface area (Å²) in [5.41, 5.74) is 0.213. The van der Waals surface area contributed by atoms with Crippen molar-refractivity contribution in [3.63, 3.8) is 0 Å². The summed E-state index contributed by atoms with van der Waals surface area (Å²) >= 11 is 0. The van der Waals surface area contributed by atoms with Crippen LogP contribution in [0, 0.1) is 11.8 Å². The van der Waals surface area contributed by atoms with E-state index in [0.29, 0.717) is 5.92 Å². The van der Waals surface area contributed by atoms with Gasteiger partial charge in [0.25, 0.3) is 0 Å². The summed E-state index contributed by atoms with van der Waals surface area (Å²) < 4.78 is 5.73. The van der Waals surface area contributed by atoms with Gasteiger partial charge in [0.2, 0.25) is 0 Å². The van der Waals surface area contributed by atoms with E-state index < -0.39 is 0 Å². The Morgan fingerprint density at radius 1 is 1.05 bits per heavy atom. The van der Waals surface area contributed by atoms with E-state index in [1.54, 1.807) is 0 Å². The van der Waals surface area contributed by atoms with E-state index in [4.69, 9.17) is 4.74 Å². The Balaban J connectivity index is 2.14. The van der Waals surface area contributed by atoms with Crippen LogP contribution in [-0.4, -0.2) is 18.7 Å². The first-order valence-corrected chi connectivity index (χ1v) is 7.81. The first kappa shape index (κ1) is 17.0. The highest BCUT2D eigenvalue weighted by atomic mass is 16.5. The van der Waals surface area contributed by atoms with Crippen LogP contribution in [0.4, 0.5) is 0 Å². The van der Waals surface area contributed by atoms with E-state index in [1.807, 2.05) is 30.3 Å². The summed E-state index contributed by atoms with van der Waals surface area (Å²) in [5, 5.41) is 3.59. The van der Waals surface area contributed by atoms with E-state index >= 15 is 0 Å². The zero-order valence-corrected chi connectivity index (χ0v) is 13.8. The fraction of sp³-hybridized carbons (Fsp3) is 0.667. The van der Waals surface area contributed by atoms with Crippen LogP contribution in [0.25, 0.3) is 0 Å². The summed E-state index contributed by atoms with van der Waals surface area (Å²) in [4.78, 5) is 0. The Morgan fingerprint density at radius 2 is 1.70 bits per heavy atom. The van der Waals surface area contributed by atoms with Crippen LogP contribution >= 0.6 is 0 Å². The monoisotopic (exact) mass is 277 g/mol. The highest BCUT2D eigenvalue weighted by Gasteiger charge is 2.15. The minimum atomic E-state index is 0.213. The summed E-state index contributed by atoms with van der Waals surface area (Å²) in [5.74, 6) is 2.40. The molecule has 20 heavy (non-hydrogen) atoms. The number of nitrogens with one attached hydrogen (secondary N) is 1. The van der Waals surface area contributed by atoms with E-state index in [2.05, 4.69) is 39.9 Å². The fourth-order valence-corrected chi connectivity index (χ4v) is 2.06. The van der Waals surface area contributed by atoms with Gasteiger partial charge in [-0.15, -0.1) is 0 Å². The Labute approximate surface area is 124 Å². The molecule has 2 nitrogen and oxygen atoms in total. The first-order valence-electron chi connectivity index (χ1n) is 7.81. The van der Waals surface area contributed by atoms with Crippen LogP contribution in [0.1, 0.15) is 47.5 Å². The van der Waals surface area contributed by atoms with Gasteiger partial charge in [0, 0.05) is 5.54 Å². The molecule has 2 heteroatoms. The van der Waals surface area contributed by atoms with Crippen molar-refractivity contribution < 1.29 is 4.74 Å². The van der Waals surface area contributed by atoms with Crippen LogP contribution in [0.5, 0.6) is 5.75 Å². The molecule has 0 spiro atoms. The van der Waals surface area contributed by atoms with Gasteiger partial charge in [-0.25, -0.2) is 0 Å². The van der Waals surface area contributed by atoms with Crippen LogP contribution in [0.2, 0.25) is 0 Å². The van der Waals surface area contributed by atoms with Crippen molar-refractivity contribution in [1.29, 1.82) is 0 Å². The molecule has 0 aliphatic carbocycles. The van der Waals surface area contributed by atoms with Gasteiger partial charge in [0.1, 0.15) is 5.75 Å². The van der Waals surface area contributed by atoms with Crippen molar-refractivity contribution in [3.8, 4) is 5.75 Å². The number of hydrogen-bond acceptors (Lipinski definition) is 2. The second kappa shape index (κ2) is 8.31. The fourth-order valence-electron chi connectivity index (χ4n) is 2.06. The molecule has 0 fully saturated rings. The number of rotatable bonds is 8. The third kappa shape index (κ3) is 7.54. The first-order chi connectivity index (χ1) is 9.38. The Kier molecular flexibility index (Phi) is 7.08. The zero-order valence-electron chi connectivity index (χ0n) is 13.8. The van der Waals surface area contributed by atoms with Crippen LogP contribution in [0.3, 0.4) is 0 Å². The van der Waals surface area contributed by atoms with E-state index in [9.17, 15) is 0 Å². The number of hydrogen-bond donors (Lipinski definition) is 1. The number of benzene rings is 1. The highest BCUT2D eigenvalue weighted by Crippen LogP contribution is 2.18. The average Bonchev–Trinajstić information content (AvgIpc) is 2.41. The SMILES string of the molecule is CC(CCCOc1ccccc1)C(C)CNC(C)(C)C. The number of ether oxygens (including phenoxy) is 1. The largest absolute Gasteiger partial charge is 0.494 e. The van der Waals surface area contributed by atoms with Gasteiger partial charge in [-0.1, -0.05) is 32.0 Å². The van der Waals surface area contributed by atoms with Gasteiger partial charge >= 0.3 is 0 Å². The standard InChI is InChI=1S/C18H31NO/c1-15(16(2)14-19-18(3,4)5)10-9-13-20-17-11-7-6-8-12-17/h6-8,11-12,15-16,19H,9-10,13-14H2,1-5H3. The lowest BCUT2D eigenvalue weighted by atomic mass is 9.91. The van der Waals surface area contributed by atoms with Crippen molar-refractivity contribution in [3.05, 3.63) is 30.3 Å². The molecule has 0 saturated carbocycles. The Hall–Kier alpha value is -1.02. The molecule has 0 aliphatic heterocycles. The van der Waals surface area contributed by atoms with E-state index in [1.165, 1.54) is 6.42 Å². The second-order valence-corrected chi connectivity index (χ2v) is 6.89. The van der Waals surface area contributed by atoms with Gasteiger partial charge < -0.3 is 10.1 Å². The summed E-state index contributed by atoms with van der Waals surface area (Å²) in [7, 11) is 0. The molecule has 1 rings (SSSR count). The van der Waals surface area contributed by atoms with E-state index in [0.717, 1.165) is 31.2 Å². The molecule has 0 saturated heterocycles. The average molecular weight is 277 g/mol. The normalized spacial score (nSPS) is 14.8. The van der Waals surface area contributed by atoms with Crippen molar-refractivity contribution >= 4 is 0 Å². The summed E-state index contributed by atoms with van der Waals surface area (Å²) in [6.07, 6.45) is 2.34. The molecule has 1 aromatic carbocycles. The highest BCUT2D eigenvalue weighted by molar-refractivity contribution is 5.20. The van der Waals surface area contributed by atoms with Gasteiger partial charge in [0.05, 0.1) is 6.61 Å². The van der Waals surface area contributed by atoms with E-state index in [-0.39, 0.29) is 5.54 Å². The predicted octanol–water partition coefficient (Wildman–Crippen LogP) is 4.51. The molecule has 0 heterocycles. The molecule has 2 unspecified atom stereocenters. The topological polar surface area (TPSA) is 21.3 Å². The summed E-state index contributed by atoms with van der Waals surface area (Å²) in [6, 6.07) is 10.1. The van der Waals surface area contributed by atoms with Gasteiger partial charge in [-0.3, -0.25) is 0 Å². The molecule has 1 N–H and O–H groups in total. The minimum absolute atomic E-state index is 0.213. The maximum absolute atomic E-state index is 5.73. The molecule has 114 valence electrons. The van der Waals surface area contributed by atoms with Crippen molar-refractivity contribution in [1.82, 2.24) is 5.32 Å². The predicted molar refractivity (Wildman–Crippen MR) is 87.3 cm³/mol. The molecular weight excluding hydrogens is 246 g/mol. The second-order valence-electron chi connectivity index (χ2n) is 6.89. The lowest BCUT2D eigenvalue weighted by Crippen LogP contribution is -2.39. The Morgan fingerprint density at radius 3 is 2.30 bits per heavy atom. The van der Waals surface area contributed by atoms with Crippen molar-refractivity contribution in [2.75, 3.05) is 13.2 Å². The molecule has 0 radical (unpaired) electrons. The lowest BCUT2D eigenvalue weighted by Gasteiger charge is -2.26. The van der Waals surface area contributed by atoms with Crippen LogP contribution in [-0.2, 0) is 0 Å². The quantitative estimate of drug-likeness (QED) is 0.706. The van der Waals surface area contributed by atoms with Gasteiger partial charge in [0.15, 0.2) is 0 Å². The maximum Gasteiger partial charge on any atom is 0.119 e. The molecule has 0 bridgehead atoms. The molecule has 0 amide bonds. The smallest absolute Gasteiger partial charge is 0.119 e. The molecule has 1 aromatic rings. The van der Waals surface area contributed by atoms with Crippen LogP contribution in [0.15, 0.2) is 30.3 Å². The molecule has 0 aliphatic rings. The van der Waals surface area contributed by atoms with Crippen LogP contribution < -0.4 is 10.1 Å². The molecule has 0 aromatic heterocycles. The van der Waals surface area contributed by atoms with Crippen molar-refractivity contribution in [2.45, 2.75) is 53.0 Å². The minimum Gasteiger partial charge on any atom is -0.494 e. The lowest BCUT2D eigenvalue weighted by molar-refractivity contribution is 0.263. The Bertz CT molecular complexity index is 355. The zero-order chi connectivity index (χ0) is 15.0. The molecule has 2 atom stereocenters. The maximum atomic E-state index is 5.73. The van der Waals surface area contributed by atoms with Gasteiger partial charge in [-0.05, 0) is 64.1 Å². The molecular formula is C18H31NO. The van der Waals surface area contributed by atoms with Crippen molar-refractivity contribution in [2.24, 2.45) is 11.8 Å². The van der Waals surface area contributed by atoms with Gasteiger partial charge in [-0.2, -0.15) is 0 Å². The number of para-hydroxylation sites is 1. The third-order valence-electron chi connectivity index (χ3n) is 3.74. The third-order valence-corrected chi connectivity index (χ3v) is 3.74. The summed E-state index contributed by atoms with van der Waals surface area (Å²) in [6.45, 7) is 13.2.